The van der Waals surface area contributed by atoms with Gasteiger partial charge in [0.2, 0.25) is 5.88 Å². The van der Waals surface area contributed by atoms with Gasteiger partial charge in [0.05, 0.1) is 17.0 Å². The Morgan fingerprint density at radius 2 is 2.05 bits per heavy atom. The maximum absolute atomic E-state index is 5.87. The molecule has 0 bridgehead atoms. The van der Waals surface area contributed by atoms with Crippen LogP contribution in [0.5, 0.6) is 11.6 Å². The lowest BCUT2D eigenvalue weighted by atomic mass is 10.0. The fourth-order valence-corrected chi connectivity index (χ4v) is 2.37. The third-order valence-electron chi connectivity index (χ3n) is 3.23. The molecule has 2 rings (SSSR count). The molecule has 0 aliphatic rings. The highest BCUT2D eigenvalue weighted by Crippen LogP contribution is 2.28. The van der Waals surface area contributed by atoms with E-state index in [-0.39, 0.29) is 4.99 Å². The highest BCUT2D eigenvalue weighted by Gasteiger charge is 2.19. The Labute approximate surface area is 129 Å². The molecule has 5 nitrogen and oxygen atoms in total. The van der Waals surface area contributed by atoms with Gasteiger partial charge in [0.1, 0.15) is 4.99 Å². The SMILES string of the molecule is CCc1nnc(Oc2cccnc2C)c(C(N)=S)c1CC. The number of aromatic nitrogens is 3. The van der Waals surface area contributed by atoms with Crippen LogP contribution in [0.3, 0.4) is 0 Å². The summed E-state index contributed by atoms with van der Waals surface area (Å²) in [5, 5.41) is 8.37. The number of ether oxygens (including phenoxy) is 1. The fourth-order valence-electron chi connectivity index (χ4n) is 2.16. The molecule has 2 aromatic heterocycles. The Balaban J connectivity index is 2.54. The molecule has 0 saturated heterocycles. The van der Waals surface area contributed by atoms with Crippen molar-refractivity contribution < 1.29 is 4.74 Å². The van der Waals surface area contributed by atoms with Gasteiger partial charge in [0.25, 0.3) is 0 Å². The van der Waals surface area contributed by atoms with Gasteiger partial charge in [0.15, 0.2) is 5.75 Å². The quantitative estimate of drug-likeness (QED) is 0.856. The lowest BCUT2D eigenvalue weighted by Crippen LogP contribution is -2.17. The summed E-state index contributed by atoms with van der Waals surface area (Å²) < 4.78 is 5.84. The smallest absolute Gasteiger partial charge is 0.249 e. The van der Waals surface area contributed by atoms with E-state index in [0.29, 0.717) is 17.2 Å². The largest absolute Gasteiger partial charge is 0.435 e. The van der Waals surface area contributed by atoms with Gasteiger partial charge < -0.3 is 10.5 Å². The lowest BCUT2D eigenvalue weighted by Gasteiger charge is -2.15. The second-order valence-electron chi connectivity index (χ2n) is 4.57. The number of nitrogens with two attached hydrogens (primary N) is 1. The third-order valence-corrected chi connectivity index (χ3v) is 3.43. The van der Waals surface area contributed by atoms with E-state index in [2.05, 4.69) is 15.2 Å². The fraction of sp³-hybridized carbons (Fsp3) is 0.333. The first-order chi connectivity index (χ1) is 10.1. The lowest BCUT2D eigenvalue weighted by molar-refractivity contribution is 0.445. The van der Waals surface area contributed by atoms with E-state index in [0.717, 1.165) is 29.8 Å². The number of aryl methyl sites for hydroxylation is 2. The highest BCUT2D eigenvalue weighted by molar-refractivity contribution is 7.80. The Bertz CT molecular complexity index is 673. The van der Waals surface area contributed by atoms with Crippen LogP contribution in [0, 0.1) is 6.92 Å². The second-order valence-corrected chi connectivity index (χ2v) is 5.01. The van der Waals surface area contributed by atoms with E-state index in [1.165, 1.54) is 0 Å². The van der Waals surface area contributed by atoms with Gasteiger partial charge in [-0.05, 0) is 37.5 Å². The second kappa shape index (κ2) is 6.58. The zero-order valence-corrected chi connectivity index (χ0v) is 13.2. The number of hydrogen-bond acceptors (Lipinski definition) is 5. The average molecular weight is 302 g/mol. The highest BCUT2D eigenvalue weighted by atomic mass is 32.1. The summed E-state index contributed by atoms with van der Waals surface area (Å²) in [7, 11) is 0. The van der Waals surface area contributed by atoms with Crippen molar-refractivity contribution in [2.75, 3.05) is 0 Å². The van der Waals surface area contributed by atoms with Crippen LogP contribution in [0.25, 0.3) is 0 Å². The molecule has 0 saturated carbocycles. The number of pyridine rings is 1. The van der Waals surface area contributed by atoms with Crippen LogP contribution in [-0.4, -0.2) is 20.2 Å². The first kappa shape index (κ1) is 15.3. The van der Waals surface area contributed by atoms with E-state index >= 15 is 0 Å². The molecule has 0 fully saturated rings. The summed E-state index contributed by atoms with van der Waals surface area (Å²) in [6, 6.07) is 3.63. The zero-order chi connectivity index (χ0) is 15.4. The number of nitrogens with zero attached hydrogens (tertiary/aromatic N) is 3. The van der Waals surface area contributed by atoms with Crippen molar-refractivity contribution in [3.8, 4) is 11.6 Å². The minimum absolute atomic E-state index is 0.271. The molecule has 21 heavy (non-hydrogen) atoms. The molecule has 0 spiro atoms. The minimum atomic E-state index is 0.271. The van der Waals surface area contributed by atoms with E-state index in [4.69, 9.17) is 22.7 Å². The van der Waals surface area contributed by atoms with E-state index in [1.54, 1.807) is 12.3 Å². The minimum Gasteiger partial charge on any atom is -0.435 e. The molecular formula is C15H18N4OS. The maximum Gasteiger partial charge on any atom is 0.249 e. The molecule has 0 radical (unpaired) electrons. The first-order valence-corrected chi connectivity index (χ1v) is 7.26. The van der Waals surface area contributed by atoms with Gasteiger partial charge >= 0.3 is 0 Å². The van der Waals surface area contributed by atoms with E-state index < -0.39 is 0 Å². The topological polar surface area (TPSA) is 73.9 Å². The van der Waals surface area contributed by atoms with Crippen molar-refractivity contribution in [2.24, 2.45) is 5.73 Å². The van der Waals surface area contributed by atoms with Gasteiger partial charge in [-0.3, -0.25) is 4.98 Å². The van der Waals surface area contributed by atoms with Gasteiger partial charge in [-0.15, -0.1) is 5.10 Å². The normalized spacial score (nSPS) is 10.4. The van der Waals surface area contributed by atoms with Crippen LogP contribution in [0.4, 0.5) is 0 Å². The molecule has 0 unspecified atom stereocenters. The Morgan fingerprint density at radius 1 is 1.29 bits per heavy atom. The molecular weight excluding hydrogens is 284 g/mol. The van der Waals surface area contributed by atoms with E-state index in [1.807, 2.05) is 26.8 Å². The molecule has 6 heteroatoms. The van der Waals surface area contributed by atoms with Crippen LogP contribution < -0.4 is 10.5 Å². The summed E-state index contributed by atoms with van der Waals surface area (Å²) in [6.45, 7) is 5.93. The number of thiocarbonyl (C=S) groups is 1. The standard InChI is InChI=1S/C15H18N4OS/c1-4-10-11(5-2)18-19-15(13(10)14(16)21)20-12-7-6-8-17-9(12)3/h6-8H,4-5H2,1-3H3,(H2,16,21). The van der Waals surface area contributed by atoms with Gasteiger partial charge in [-0.25, -0.2) is 0 Å². The van der Waals surface area contributed by atoms with Crippen LogP contribution in [0.15, 0.2) is 18.3 Å². The molecule has 0 aromatic carbocycles. The molecule has 110 valence electrons. The molecule has 0 aliphatic heterocycles. The average Bonchev–Trinajstić information content (AvgIpc) is 2.48. The van der Waals surface area contributed by atoms with Crippen LogP contribution >= 0.6 is 12.2 Å². The van der Waals surface area contributed by atoms with Gasteiger partial charge in [-0.2, -0.15) is 5.10 Å². The Hall–Kier alpha value is -2.08. The number of hydrogen-bond donors (Lipinski definition) is 1. The van der Waals surface area contributed by atoms with Gasteiger partial charge in [0, 0.05) is 6.20 Å². The molecule has 0 atom stereocenters. The summed E-state index contributed by atoms with van der Waals surface area (Å²) in [6.07, 6.45) is 3.26. The zero-order valence-electron chi connectivity index (χ0n) is 12.4. The molecule has 2 heterocycles. The summed E-state index contributed by atoms with van der Waals surface area (Å²) >= 11 is 5.17. The van der Waals surface area contributed by atoms with Crippen molar-refractivity contribution in [2.45, 2.75) is 33.6 Å². The molecule has 0 amide bonds. The Kier molecular flexibility index (Phi) is 4.80. The third kappa shape index (κ3) is 3.16. The van der Waals surface area contributed by atoms with Crippen molar-refractivity contribution in [1.82, 2.24) is 15.2 Å². The predicted octanol–water partition coefficient (Wildman–Crippen LogP) is 2.73. The van der Waals surface area contributed by atoms with Crippen LogP contribution in [0.2, 0.25) is 0 Å². The van der Waals surface area contributed by atoms with Crippen molar-refractivity contribution >= 4 is 17.2 Å². The number of rotatable bonds is 5. The Morgan fingerprint density at radius 3 is 2.62 bits per heavy atom. The van der Waals surface area contributed by atoms with Crippen LogP contribution in [0.1, 0.15) is 36.4 Å². The summed E-state index contributed by atoms with van der Waals surface area (Å²) in [5.41, 5.74) is 9.21. The molecule has 2 aromatic rings. The molecule has 2 N–H and O–H groups in total. The van der Waals surface area contributed by atoms with Crippen molar-refractivity contribution in [3.63, 3.8) is 0 Å². The maximum atomic E-state index is 5.87. The van der Waals surface area contributed by atoms with Crippen molar-refractivity contribution in [1.29, 1.82) is 0 Å². The summed E-state index contributed by atoms with van der Waals surface area (Å²) in [4.78, 5) is 4.46. The van der Waals surface area contributed by atoms with Gasteiger partial charge in [-0.1, -0.05) is 26.1 Å². The van der Waals surface area contributed by atoms with Crippen LogP contribution in [-0.2, 0) is 12.8 Å². The predicted molar refractivity (Wildman–Crippen MR) is 85.7 cm³/mol. The summed E-state index contributed by atoms with van der Waals surface area (Å²) in [5.74, 6) is 0.961. The molecule has 0 aliphatic carbocycles. The monoisotopic (exact) mass is 302 g/mol. The van der Waals surface area contributed by atoms with E-state index in [9.17, 15) is 0 Å². The first-order valence-electron chi connectivity index (χ1n) is 6.86. The van der Waals surface area contributed by atoms with Crippen molar-refractivity contribution in [3.05, 3.63) is 40.8 Å².